The van der Waals surface area contributed by atoms with Crippen molar-refractivity contribution in [3.63, 3.8) is 0 Å². The SMILES string of the molecule is CN(C)C(=O)CN(C)c1nc2c(cc1C#N)CCCC2. The average molecular weight is 272 g/mol. The third kappa shape index (κ3) is 2.90. The lowest BCUT2D eigenvalue weighted by molar-refractivity contribution is -0.127. The van der Waals surface area contributed by atoms with Crippen LogP contribution in [-0.2, 0) is 17.6 Å². The number of hydrogen-bond acceptors (Lipinski definition) is 4. The van der Waals surface area contributed by atoms with Crippen LogP contribution in [0.5, 0.6) is 0 Å². The van der Waals surface area contributed by atoms with Crippen molar-refractivity contribution in [3.8, 4) is 6.07 Å². The molecule has 0 N–H and O–H groups in total. The Morgan fingerprint density at radius 2 is 2.05 bits per heavy atom. The van der Waals surface area contributed by atoms with Crippen LogP contribution in [0.2, 0.25) is 0 Å². The molecular formula is C15H20N4O. The number of nitrogens with zero attached hydrogens (tertiary/aromatic N) is 4. The zero-order valence-electron chi connectivity index (χ0n) is 12.3. The lowest BCUT2D eigenvalue weighted by Gasteiger charge is -2.23. The van der Waals surface area contributed by atoms with Crippen molar-refractivity contribution >= 4 is 11.7 Å². The van der Waals surface area contributed by atoms with Crippen molar-refractivity contribution < 1.29 is 4.79 Å². The Kier molecular flexibility index (Phi) is 4.23. The van der Waals surface area contributed by atoms with Gasteiger partial charge in [-0.05, 0) is 37.3 Å². The molecule has 1 aliphatic rings. The van der Waals surface area contributed by atoms with Crippen molar-refractivity contribution in [2.75, 3.05) is 32.6 Å². The molecular weight excluding hydrogens is 252 g/mol. The molecule has 1 aromatic rings. The molecule has 0 aromatic carbocycles. The molecule has 0 atom stereocenters. The van der Waals surface area contributed by atoms with E-state index in [0.29, 0.717) is 11.4 Å². The predicted molar refractivity (Wildman–Crippen MR) is 77.6 cm³/mol. The van der Waals surface area contributed by atoms with Crippen LogP contribution in [0.4, 0.5) is 5.82 Å². The molecule has 0 spiro atoms. The summed E-state index contributed by atoms with van der Waals surface area (Å²) in [5, 5.41) is 9.30. The molecule has 0 unspecified atom stereocenters. The Morgan fingerprint density at radius 3 is 2.70 bits per heavy atom. The number of carbonyl (C=O) groups is 1. The van der Waals surface area contributed by atoms with Crippen LogP contribution < -0.4 is 4.90 Å². The van der Waals surface area contributed by atoms with Crippen molar-refractivity contribution in [2.45, 2.75) is 25.7 Å². The van der Waals surface area contributed by atoms with Gasteiger partial charge in [0.2, 0.25) is 5.91 Å². The molecule has 1 aromatic heterocycles. The molecule has 5 nitrogen and oxygen atoms in total. The van der Waals surface area contributed by atoms with E-state index in [1.807, 2.05) is 6.07 Å². The molecule has 5 heteroatoms. The second-order valence-electron chi connectivity index (χ2n) is 5.43. The Bertz CT molecular complexity index is 560. The molecule has 1 heterocycles. The van der Waals surface area contributed by atoms with Gasteiger partial charge in [0, 0.05) is 26.8 Å². The first kappa shape index (κ1) is 14.3. The largest absolute Gasteiger partial charge is 0.349 e. The van der Waals surface area contributed by atoms with E-state index >= 15 is 0 Å². The second kappa shape index (κ2) is 5.91. The minimum atomic E-state index is -0.00379. The van der Waals surface area contributed by atoms with Gasteiger partial charge < -0.3 is 9.80 Å². The van der Waals surface area contributed by atoms with Crippen LogP contribution >= 0.6 is 0 Å². The fourth-order valence-corrected chi connectivity index (χ4v) is 2.42. The summed E-state index contributed by atoms with van der Waals surface area (Å²) in [6, 6.07) is 4.14. The van der Waals surface area contributed by atoms with E-state index in [0.717, 1.165) is 31.4 Å². The number of fused-ring (bicyclic) bond motifs is 1. The monoisotopic (exact) mass is 272 g/mol. The molecule has 0 bridgehead atoms. The first-order valence-electron chi connectivity index (χ1n) is 6.87. The number of likely N-dealkylation sites (N-methyl/N-ethyl adjacent to an activating group) is 2. The molecule has 2 rings (SSSR count). The highest BCUT2D eigenvalue weighted by molar-refractivity contribution is 5.81. The number of aromatic nitrogens is 1. The van der Waals surface area contributed by atoms with Crippen LogP contribution in [0.1, 0.15) is 29.7 Å². The summed E-state index contributed by atoms with van der Waals surface area (Å²) < 4.78 is 0. The summed E-state index contributed by atoms with van der Waals surface area (Å²) in [5.74, 6) is 0.610. The topological polar surface area (TPSA) is 60.2 Å². The average Bonchev–Trinajstić information content (AvgIpc) is 2.45. The Balaban J connectivity index is 2.30. The van der Waals surface area contributed by atoms with Gasteiger partial charge in [-0.2, -0.15) is 5.26 Å². The van der Waals surface area contributed by atoms with Crippen molar-refractivity contribution in [1.82, 2.24) is 9.88 Å². The van der Waals surface area contributed by atoms with E-state index in [9.17, 15) is 10.1 Å². The maximum absolute atomic E-state index is 11.8. The third-order valence-corrected chi connectivity index (χ3v) is 3.63. The number of hydrogen-bond donors (Lipinski definition) is 0. The standard InChI is InChI=1S/C15H20N4O/c1-18(2)14(20)10-19(3)15-12(9-16)8-11-6-4-5-7-13(11)17-15/h8H,4-7,10H2,1-3H3. The number of amides is 1. The summed E-state index contributed by atoms with van der Waals surface area (Å²) >= 11 is 0. The van der Waals surface area contributed by atoms with Crippen LogP contribution in [0, 0.1) is 11.3 Å². The Morgan fingerprint density at radius 1 is 1.35 bits per heavy atom. The highest BCUT2D eigenvalue weighted by Crippen LogP contribution is 2.25. The first-order valence-corrected chi connectivity index (χ1v) is 6.87. The lowest BCUT2D eigenvalue weighted by Crippen LogP contribution is -2.35. The number of carbonyl (C=O) groups excluding carboxylic acids is 1. The molecule has 0 fully saturated rings. The summed E-state index contributed by atoms with van der Waals surface area (Å²) in [6.45, 7) is 0.230. The first-order chi connectivity index (χ1) is 9.52. The number of nitriles is 1. The van der Waals surface area contributed by atoms with Gasteiger partial charge in [0.1, 0.15) is 11.9 Å². The van der Waals surface area contributed by atoms with Gasteiger partial charge in [-0.1, -0.05) is 0 Å². The molecule has 0 saturated carbocycles. The zero-order chi connectivity index (χ0) is 14.7. The summed E-state index contributed by atoms with van der Waals surface area (Å²) in [4.78, 5) is 19.7. The van der Waals surface area contributed by atoms with E-state index in [1.54, 1.807) is 30.9 Å². The quantitative estimate of drug-likeness (QED) is 0.833. The van der Waals surface area contributed by atoms with Crippen LogP contribution in [-0.4, -0.2) is 43.5 Å². The third-order valence-electron chi connectivity index (χ3n) is 3.63. The molecule has 106 valence electrons. The van der Waals surface area contributed by atoms with Gasteiger partial charge in [0.25, 0.3) is 0 Å². The van der Waals surface area contributed by atoms with E-state index in [1.165, 1.54) is 5.56 Å². The highest BCUT2D eigenvalue weighted by atomic mass is 16.2. The normalized spacial score (nSPS) is 13.3. The van der Waals surface area contributed by atoms with Gasteiger partial charge in [0.05, 0.1) is 12.1 Å². The van der Waals surface area contributed by atoms with Gasteiger partial charge in [-0.15, -0.1) is 0 Å². The fourth-order valence-electron chi connectivity index (χ4n) is 2.42. The Labute approximate surface area is 119 Å². The molecule has 1 amide bonds. The van der Waals surface area contributed by atoms with E-state index in [-0.39, 0.29) is 12.5 Å². The maximum Gasteiger partial charge on any atom is 0.241 e. The molecule has 0 aliphatic heterocycles. The highest BCUT2D eigenvalue weighted by Gasteiger charge is 2.19. The smallest absolute Gasteiger partial charge is 0.241 e. The number of pyridine rings is 1. The van der Waals surface area contributed by atoms with Gasteiger partial charge in [0.15, 0.2) is 0 Å². The van der Waals surface area contributed by atoms with Gasteiger partial charge in [-0.3, -0.25) is 4.79 Å². The predicted octanol–water partition coefficient (Wildman–Crippen LogP) is 1.36. The van der Waals surface area contributed by atoms with Gasteiger partial charge >= 0.3 is 0 Å². The van der Waals surface area contributed by atoms with Crippen LogP contribution in [0.3, 0.4) is 0 Å². The Hall–Kier alpha value is -2.09. The summed E-state index contributed by atoms with van der Waals surface area (Å²) in [7, 11) is 5.25. The van der Waals surface area contributed by atoms with Crippen molar-refractivity contribution in [3.05, 3.63) is 22.9 Å². The van der Waals surface area contributed by atoms with E-state index < -0.39 is 0 Å². The molecule has 0 radical (unpaired) electrons. The van der Waals surface area contributed by atoms with Crippen molar-refractivity contribution in [1.29, 1.82) is 5.26 Å². The fraction of sp³-hybridized carbons (Fsp3) is 0.533. The maximum atomic E-state index is 11.8. The second-order valence-corrected chi connectivity index (χ2v) is 5.43. The molecule has 0 saturated heterocycles. The number of anilines is 1. The van der Waals surface area contributed by atoms with Crippen LogP contribution in [0.15, 0.2) is 6.07 Å². The number of rotatable bonds is 3. The summed E-state index contributed by atoms with van der Waals surface area (Å²) in [6.07, 6.45) is 4.26. The molecule has 20 heavy (non-hydrogen) atoms. The van der Waals surface area contributed by atoms with E-state index in [4.69, 9.17) is 0 Å². The minimum Gasteiger partial charge on any atom is -0.349 e. The number of aryl methyl sites for hydroxylation is 2. The minimum absolute atomic E-state index is 0.00379. The molecule has 1 aliphatic carbocycles. The van der Waals surface area contributed by atoms with Crippen molar-refractivity contribution in [2.24, 2.45) is 0 Å². The van der Waals surface area contributed by atoms with Gasteiger partial charge in [-0.25, -0.2) is 4.98 Å². The lowest BCUT2D eigenvalue weighted by atomic mass is 9.95. The van der Waals surface area contributed by atoms with E-state index in [2.05, 4.69) is 11.1 Å². The van der Waals surface area contributed by atoms with Crippen LogP contribution in [0.25, 0.3) is 0 Å². The summed E-state index contributed by atoms with van der Waals surface area (Å²) in [5.41, 5.74) is 2.82. The zero-order valence-corrected chi connectivity index (χ0v) is 12.3.